The molecule has 1 atom stereocenters. The van der Waals surface area contributed by atoms with Crippen LogP contribution in [-0.2, 0) is 20.7 Å². The Balaban J connectivity index is 2.13. The number of methoxy groups -OCH3 is 4. The van der Waals surface area contributed by atoms with Crippen LogP contribution in [0.2, 0.25) is 0 Å². The first-order chi connectivity index (χ1) is 15.0. The molecule has 0 aromatic heterocycles. The van der Waals surface area contributed by atoms with Crippen molar-refractivity contribution >= 4 is 11.9 Å². The molecule has 2 aromatic rings. The topological polar surface area (TPSA) is 92.3 Å². The summed E-state index contributed by atoms with van der Waals surface area (Å²) >= 11 is 0. The molecule has 0 aliphatic heterocycles. The summed E-state index contributed by atoms with van der Waals surface area (Å²) in [5.74, 6) is 0.819. The number of benzene rings is 2. The lowest BCUT2D eigenvalue weighted by Crippen LogP contribution is -2.33. The van der Waals surface area contributed by atoms with Crippen molar-refractivity contribution in [3.63, 3.8) is 0 Å². The van der Waals surface area contributed by atoms with E-state index < -0.39 is 11.9 Å². The second-order valence-corrected chi connectivity index (χ2v) is 6.59. The van der Waals surface area contributed by atoms with Crippen LogP contribution in [0, 0.1) is 0 Å². The van der Waals surface area contributed by atoms with Gasteiger partial charge in [-0.3, -0.25) is 9.59 Å². The van der Waals surface area contributed by atoms with Crippen molar-refractivity contribution in [1.82, 2.24) is 5.32 Å². The Kier molecular flexibility index (Phi) is 8.99. The molecule has 2 aromatic carbocycles. The van der Waals surface area contributed by atoms with Crippen LogP contribution >= 0.6 is 0 Å². The molecule has 0 fully saturated rings. The maximum Gasteiger partial charge on any atom is 0.315 e. The third-order valence-electron chi connectivity index (χ3n) is 4.70. The van der Waals surface area contributed by atoms with Crippen LogP contribution in [0.3, 0.4) is 0 Å². The highest BCUT2D eigenvalue weighted by Crippen LogP contribution is 2.31. The molecular formula is C23H29NO7. The van der Waals surface area contributed by atoms with Gasteiger partial charge in [0.05, 0.1) is 47.4 Å². The molecule has 168 valence electrons. The lowest BCUT2D eigenvalue weighted by Gasteiger charge is -2.18. The molecule has 0 aliphatic rings. The summed E-state index contributed by atoms with van der Waals surface area (Å²) < 4.78 is 26.3. The van der Waals surface area contributed by atoms with Gasteiger partial charge < -0.3 is 29.0 Å². The van der Waals surface area contributed by atoms with E-state index in [1.54, 1.807) is 50.4 Å². The summed E-state index contributed by atoms with van der Waals surface area (Å²) in [6, 6.07) is 10.5. The fourth-order valence-electron chi connectivity index (χ4n) is 3.10. The van der Waals surface area contributed by atoms with Gasteiger partial charge in [0.2, 0.25) is 5.91 Å². The molecule has 0 bridgehead atoms. The van der Waals surface area contributed by atoms with Crippen molar-refractivity contribution in [2.45, 2.75) is 19.3 Å². The Bertz CT molecular complexity index is 897. The van der Waals surface area contributed by atoms with Crippen LogP contribution in [0.25, 0.3) is 0 Å². The van der Waals surface area contributed by atoms with Crippen molar-refractivity contribution in [3.05, 3.63) is 47.5 Å². The van der Waals surface area contributed by atoms with Crippen LogP contribution in [-0.4, -0.2) is 53.5 Å². The summed E-state index contributed by atoms with van der Waals surface area (Å²) in [6.07, 6.45) is 0.127. The number of ether oxygens (including phenoxy) is 5. The maximum absolute atomic E-state index is 12.5. The van der Waals surface area contributed by atoms with E-state index in [-0.39, 0.29) is 25.5 Å². The normalized spacial score (nSPS) is 11.3. The molecular weight excluding hydrogens is 402 g/mol. The van der Waals surface area contributed by atoms with Crippen LogP contribution in [0.4, 0.5) is 0 Å². The van der Waals surface area contributed by atoms with E-state index in [9.17, 15) is 9.59 Å². The molecule has 0 radical (unpaired) electrons. The van der Waals surface area contributed by atoms with Gasteiger partial charge in [-0.25, -0.2) is 0 Å². The van der Waals surface area contributed by atoms with Crippen molar-refractivity contribution in [2.75, 3.05) is 41.6 Å². The van der Waals surface area contributed by atoms with E-state index in [2.05, 4.69) is 5.32 Å². The van der Waals surface area contributed by atoms with E-state index in [0.717, 1.165) is 5.56 Å². The quantitative estimate of drug-likeness (QED) is 0.547. The van der Waals surface area contributed by atoms with Crippen LogP contribution < -0.4 is 24.3 Å². The minimum Gasteiger partial charge on any atom is -0.493 e. The van der Waals surface area contributed by atoms with Gasteiger partial charge in [-0.05, 0) is 42.3 Å². The van der Waals surface area contributed by atoms with Crippen molar-refractivity contribution in [2.24, 2.45) is 0 Å². The van der Waals surface area contributed by atoms with Crippen molar-refractivity contribution < 1.29 is 33.3 Å². The third kappa shape index (κ3) is 6.28. The molecule has 1 unspecified atom stereocenters. The average molecular weight is 431 g/mol. The Morgan fingerprint density at radius 1 is 0.839 bits per heavy atom. The Hall–Kier alpha value is -3.42. The monoisotopic (exact) mass is 431 g/mol. The molecule has 0 spiro atoms. The number of carbonyl (C=O) groups excluding carboxylic acids is 2. The summed E-state index contributed by atoms with van der Waals surface area (Å²) in [6.45, 7) is 2.06. The zero-order valence-electron chi connectivity index (χ0n) is 18.5. The van der Waals surface area contributed by atoms with Gasteiger partial charge in [0, 0.05) is 6.54 Å². The van der Waals surface area contributed by atoms with Gasteiger partial charge in [-0.15, -0.1) is 0 Å². The SMILES string of the molecule is CCOC(=O)C(CNC(=O)Cc1ccc(OC)c(OC)c1)c1ccc(OC)c(OC)c1. The highest BCUT2D eigenvalue weighted by Gasteiger charge is 2.24. The summed E-state index contributed by atoms with van der Waals surface area (Å²) in [5, 5.41) is 2.82. The Labute approximate surface area is 182 Å². The average Bonchev–Trinajstić information content (AvgIpc) is 2.79. The van der Waals surface area contributed by atoms with E-state index in [0.29, 0.717) is 28.6 Å². The smallest absolute Gasteiger partial charge is 0.315 e. The number of rotatable bonds is 11. The number of nitrogens with one attached hydrogen (secondary N) is 1. The first kappa shape index (κ1) is 23.9. The van der Waals surface area contributed by atoms with Gasteiger partial charge in [-0.1, -0.05) is 12.1 Å². The highest BCUT2D eigenvalue weighted by atomic mass is 16.5. The van der Waals surface area contributed by atoms with Gasteiger partial charge in [-0.2, -0.15) is 0 Å². The first-order valence-electron chi connectivity index (χ1n) is 9.83. The molecule has 0 aliphatic carbocycles. The van der Waals surface area contributed by atoms with Gasteiger partial charge in [0.1, 0.15) is 0 Å². The number of hydrogen-bond acceptors (Lipinski definition) is 7. The largest absolute Gasteiger partial charge is 0.493 e. The lowest BCUT2D eigenvalue weighted by atomic mass is 9.98. The van der Waals surface area contributed by atoms with E-state index in [4.69, 9.17) is 23.7 Å². The van der Waals surface area contributed by atoms with Crippen molar-refractivity contribution in [3.8, 4) is 23.0 Å². The van der Waals surface area contributed by atoms with Crippen molar-refractivity contribution in [1.29, 1.82) is 0 Å². The fraction of sp³-hybridized carbons (Fsp3) is 0.391. The van der Waals surface area contributed by atoms with Crippen LogP contribution in [0.1, 0.15) is 24.0 Å². The standard InChI is InChI=1S/C23H29NO7/c1-6-31-23(26)17(16-8-10-19(28-3)21(13-16)30-5)14-24-22(25)12-15-7-9-18(27-2)20(11-15)29-4/h7-11,13,17H,6,12,14H2,1-5H3,(H,24,25). The highest BCUT2D eigenvalue weighted by molar-refractivity contribution is 5.82. The number of carbonyl (C=O) groups is 2. The second kappa shape index (κ2) is 11.7. The van der Waals surface area contributed by atoms with Crippen LogP contribution in [0.15, 0.2) is 36.4 Å². The molecule has 0 saturated heterocycles. The third-order valence-corrected chi connectivity index (χ3v) is 4.70. The van der Waals surface area contributed by atoms with Crippen LogP contribution in [0.5, 0.6) is 23.0 Å². The maximum atomic E-state index is 12.5. The number of hydrogen-bond donors (Lipinski definition) is 1. The molecule has 8 heteroatoms. The predicted molar refractivity (Wildman–Crippen MR) is 115 cm³/mol. The molecule has 1 amide bonds. The number of amides is 1. The van der Waals surface area contributed by atoms with Gasteiger partial charge in [0.15, 0.2) is 23.0 Å². The molecule has 0 heterocycles. The van der Waals surface area contributed by atoms with E-state index in [1.807, 2.05) is 0 Å². The summed E-state index contributed by atoms with van der Waals surface area (Å²) in [4.78, 5) is 25.1. The zero-order valence-corrected chi connectivity index (χ0v) is 18.5. The minimum absolute atomic E-state index is 0.0838. The van der Waals surface area contributed by atoms with Gasteiger partial charge >= 0.3 is 5.97 Å². The van der Waals surface area contributed by atoms with E-state index >= 15 is 0 Å². The zero-order chi connectivity index (χ0) is 22.8. The minimum atomic E-state index is -0.686. The first-order valence-corrected chi connectivity index (χ1v) is 9.83. The summed E-state index contributed by atoms with van der Waals surface area (Å²) in [7, 11) is 6.14. The molecule has 1 N–H and O–H groups in total. The van der Waals surface area contributed by atoms with Gasteiger partial charge in [0.25, 0.3) is 0 Å². The lowest BCUT2D eigenvalue weighted by molar-refractivity contribution is -0.144. The second-order valence-electron chi connectivity index (χ2n) is 6.59. The van der Waals surface area contributed by atoms with E-state index in [1.165, 1.54) is 21.3 Å². The molecule has 31 heavy (non-hydrogen) atoms. The summed E-state index contributed by atoms with van der Waals surface area (Å²) in [5.41, 5.74) is 1.41. The number of esters is 1. The Morgan fingerprint density at radius 3 is 2.00 bits per heavy atom. The molecule has 8 nitrogen and oxygen atoms in total. The Morgan fingerprint density at radius 2 is 1.42 bits per heavy atom. The molecule has 2 rings (SSSR count). The predicted octanol–water partition coefficient (Wildman–Crippen LogP) is 2.73. The molecule has 0 saturated carbocycles. The fourth-order valence-corrected chi connectivity index (χ4v) is 3.10.